The Morgan fingerprint density at radius 1 is 1.11 bits per heavy atom. The predicted octanol–water partition coefficient (Wildman–Crippen LogP) is 3.17. The molecule has 1 atom stereocenters. The van der Waals surface area contributed by atoms with Crippen molar-refractivity contribution in [3.63, 3.8) is 0 Å². The van der Waals surface area contributed by atoms with E-state index in [1.54, 1.807) is 0 Å². The summed E-state index contributed by atoms with van der Waals surface area (Å²) in [4.78, 5) is 2.82. The predicted molar refractivity (Wildman–Crippen MR) is 76.8 cm³/mol. The van der Waals surface area contributed by atoms with Gasteiger partial charge in [0.1, 0.15) is 0 Å². The van der Waals surface area contributed by atoms with Crippen molar-refractivity contribution < 1.29 is 0 Å². The van der Waals surface area contributed by atoms with Gasteiger partial charge >= 0.3 is 0 Å². The smallest absolute Gasteiger partial charge is 0.0309 e. The molecule has 2 heteroatoms. The second-order valence-corrected chi connectivity index (χ2v) is 7.33. The maximum absolute atomic E-state index is 3.90. The minimum Gasteiger partial charge on any atom is -0.308 e. The largest absolute Gasteiger partial charge is 0.308 e. The van der Waals surface area contributed by atoms with Gasteiger partial charge in [0, 0.05) is 31.2 Å². The zero-order chi connectivity index (χ0) is 12.6. The molecule has 3 fully saturated rings. The molecule has 2 nitrogen and oxygen atoms in total. The van der Waals surface area contributed by atoms with E-state index in [1.807, 2.05) is 0 Å². The van der Waals surface area contributed by atoms with Crippen LogP contribution in [0.1, 0.15) is 65.2 Å². The molecule has 104 valence electrons. The van der Waals surface area contributed by atoms with E-state index in [4.69, 9.17) is 0 Å². The Kier molecular flexibility index (Phi) is 3.44. The molecule has 1 aliphatic heterocycles. The van der Waals surface area contributed by atoms with Crippen molar-refractivity contribution >= 4 is 0 Å². The van der Waals surface area contributed by atoms with Crippen LogP contribution in [0.2, 0.25) is 0 Å². The molecule has 0 amide bonds. The van der Waals surface area contributed by atoms with Gasteiger partial charge in [-0.2, -0.15) is 0 Å². The zero-order valence-electron chi connectivity index (χ0n) is 12.3. The molecular weight excluding hydrogens is 220 g/mol. The number of rotatable bonds is 3. The Bertz CT molecular complexity index is 289. The molecule has 1 unspecified atom stereocenters. The standard InChI is InChI=1S/C16H30N2/c1-3-15(9-10-15)12-18-13-16(17-11-14(18)2)7-5-4-6-8-16/h14,17H,3-13H2,1-2H3. The first-order valence-electron chi connectivity index (χ1n) is 8.16. The van der Waals surface area contributed by atoms with Crippen LogP contribution in [0.15, 0.2) is 0 Å². The van der Waals surface area contributed by atoms with E-state index in [0.29, 0.717) is 11.0 Å². The molecule has 1 spiro atoms. The minimum atomic E-state index is 0.481. The van der Waals surface area contributed by atoms with Crippen molar-refractivity contribution in [2.75, 3.05) is 19.6 Å². The van der Waals surface area contributed by atoms with Gasteiger partial charge in [0.2, 0.25) is 0 Å². The molecule has 2 aliphatic carbocycles. The molecule has 0 aromatic carbocycles. The SMILES string of the molecule is CCC1(CN2CC3(CCCCC3)NCC2C)CC1. The van der Waals surface area contributed by atoms with Gasteiger partial charge in [0.25, 0.3) is 0 Å². The Morgan fingerprint density at radius 2 is 1.83 bits per heavy atom. The molecular formula is C16H30N2. The third-order valence-corrected chi connectivity index (χ3v) is 5.96. The van der Waals surface area contributed by atoms with Crippen LogP contribution < -0.4 is 5.32 Å². The summed E-state index contributed by atoms with van der Waals surface area (Å²) in [5, 5.41) is 3.90. The molecule has 2 saturated carbocycles. The first kappa shape index (κ1) is 12.9. The summed E-state index contributed by atoms with van der Waals surface area (Å²) >= 11 is 0. The average molecular weight is 250 g/mol. The lowest BCUT2D eigenvalue weighted by molar-refractivity contribution is 0.0470. The quantitative estimate of drug-likeness (QED) is 0.827. The summed E-state index contributed by atoms with van der Waals surface area (Å²) in [6, 6.07) is 0.738. The molecule has 1 N–H and O–H groups in total. The van der Waals surface area contributed by atoms with Crippen LogP contribution in [0, 0.1) is 5.41 Å². The summed E-state index contributed by atoms with van der Waals surface area (Å²) < 4.78 is 0. The average Bonchev–Trinajstić information content (AvgIpc) is 3.16. The lowest BCUT2D eigenvalue weighted by Gasteiger charge is -2.50. The molecule has 0 aromatic heterocycles. The van der Waals surface area contributed by atoms with Gasteiger partial charge in [-0.1, -0.05) is 26.2 Å². The van der Waals surface area contributed by atoms with Gasteiger partial charge in [0.05, 0.1) is 0 Å². The van der Waals surface area contributed by atoms with Crippen molar-refractivity contribution in [3.05, 3.63) is 0 Å². The Morgan fingerprint density at radius 3 is 2.44 bits per heavy atom. The monoisotopic (exact) mass is 250 g/mol. The van der Waals surface area contributed by atoms with E-state index in [-0.39, 0.29) is 0 Å². The fraction of sp³-hybridized carbons (Fsp3) is 1.00. The van der Waals surface area contributed by atoms with E-state index in [9.17, 15) is 0 Å². The van der Waals surface area contributed by atoms with Crippen LogP contribution >= 0.6 is 0 Å². The lowest BCUT2D eigenvalue weighted by Crippen LogP contribution is -2.64. The van der Waals surface area contributed by atoms with Crippen LogP contribution in [0.25, 0.3) is 0 Å². The van der Waals surface area contributed by atoms with Gasteiger partial charge in [-0.05, 0) is 44.4 Å². The molecule has 1 heterocycles. The van der Waals surface area contributed by atoms with Gasteiger partial charge < -0.3 is 5.32 Å². The van der Waals surface area contributed by atoms with E-state index < -0.39 is 0 Å². The maximum Gasteiger partial charge on any atom is 0.0309 e. The van der Waals surface area contributed by atoms with Gasteiger partial charge in [-0.15, -0.1) is 0 Å². The number of nitrogens with one attached hydrogen (secondary N) is 1. The number of hydrogen-bond donors (Lipinski definition) is 1. The van der Waals surface area contributed by atoms with E-state index in [2.05, 4.69) is 24.1 Å². The van der Waals surface area contributed by atoms with Crippen LogP contribution in [-0.4, -0.2) is 36.1 Å². The van der Waals surface area contributed by atoms with Crippen molar-refractivity contribution in [1.82, 2.24) is 10.2 Å². The highest BCUT2D eigenvalue weighted by Gasteiger charge is 2.46. The summed E-state index contributed by atoms with van der Waals surface area (Å²) in [6.45, 7) is 8.69. The zero-order valence-corrected chi connectivity index (χ0v) is 12.3. The molecule has 3 rings (SSSR count). The Hall–Kier alpha value is -0.0800. The third kappa shape index (κ3) is 2.46. The van der Waals surface area contributed by atoms with Gasteiger partial charge in [-0.3, -0.25) is 4.90 Å². The first-order chi connectivity index (χ1) is 8.67. The first-order valence-corrected chi connectivity index (χ1v) is 8.16. The normalized spacial score (nSPS) is 34.7. The molecule has 3 aliphatic rings. The van der Waals surface area contributed by atoms with Crippen LogP contribution in [-0.2, 0) is 0 Å². The number of nitrogens with zero attached hydrogens (tertiary/aromatic N) is 1. The van der Waals surface area contributed by atoms with E-state index >= 15 is 0 Å². The third-order valence-electron chi connectivity index (χ3n) is 5.96. The van der Waals surface area contributed by atoms with Crippen molar-refractivity contribution in [2.45, 2.75) is 76.8 Å². The molecule has 0 aromatic rings. The van der Waals surface area contributed by atoms with Crippen molar-refractivity contribution in [2.24, 2.45) is 5.41 Å². The molecule has 18 heavy (non-hydrogen) atoms. The fourth-order valence-electron chi connectivity index (χ4n) is 4.10. The van der Waals surface area contributed by atoms with E-state index in [1.165, 1.54) is 71.0 Å². The van der Waals surface area contributed by atoms with Crippen LogP contribution in [0.4, 0.5) is 0 Å². The summed E-state index contributed by atoms with van der Waals surface area (Å²) in [6.07, 6.45) is 11.5. The number of piperazine rings is 1. The van der Waals surface area contributed by atoms with Crippen molar-refractivity contribution in [3.8, 4) is 0 Å². The maximum atomic E-state index is 3.90. The fourth-order valence-corrected chi connectivity index (χ4v) is 4.10. The van der Waals surface area contributed by atoms with Crippen molar-refractivity contribution in [1.29, 1.82) is 0 Å². The Balaban J connectivity index is 1.65. The van der Waals surface area contributed by atoms with Gasteiger partial charge in [0.15, 0.2) is 0 Å². The Labute approximate surface area is 113 Å². The summed E-state index contributed by atoms with van der Waals surface area (Å²) in [5.74, 6) is 0. The highest BCUT2D eigenvalue weighted by atomic mass is 15.3. The highest BCUT2D eigenvalue weighted by molar-refractivity contribution is 5.02. The second kappa shape index (κ2) is 4.79. The lowest BCUT2D eigenvalue weighted by atomic mass is 9.79. The molecule has 1 saturated heterocycles. The minimum absolute atomic E-state index is 0.481. The molecule has 0 radical (unpaired) electrons. The van der Waals surface area contributed by atoms with E-state index in [0.717, 1.165) is 6.04 Å². The summed E-state index contributed by atoms with van der Waals surface area (Å²) in [5.41, 5.74) is 1.19. The van der Waals surface area contributed by atoms with Gasteiger partial charge in [-0.25, -0.2) is 0 Å². The number of hydrogen-bond acceptors (Lipinski definition) is 2. The van der Waals surface area contributed by atoms with Crippen LogP contribution in [0.3, 0.4) is 0 Å². The topological polar surface area (TPSA) is 15.3 Å². The summed E-state index contributed by atoms with van der Waals surface area (Å²) in [7, 11) is 0. The second-order valence-electron chi connectivity index (χ2n) is 7.33. The van der Waals surface area contributed by atoms with Crippen LogP contribution in [0.5, 0.6) is 0 Å². The highest BCUT2D eigenvalue weighted by Crippen LogP contribution is 2.49. The molecule has 0 bridgehead atoms.